The van der Waals surface area contributed by atoms with Crippen LogP contribution in [0.2, 0.25) is 0 Å². The first kappa shape index (κ1) is 9.34. The van der Waals surface area contributed by atoms with E-state index >= 15 is 0 Å². The third kappa shape index (κ3) is 2.34. The molecule has 68 valence electrons. The van der Waals surface area contributed by atoms with Gasteiger partial charge >= 0.3 is 0 Å². The fraction of sp³-hybridized carbons (Fsp3) is 0.125. The summed E-state index contributed by atoms with van der Waals surface area (Å²) in [6, 6.07) is 0. The molecule has 0 spiro atoms. The van der Waals surface area contributed by atoms with Gasteiger partial charge in [0.2, 0.25) is 5.91 Å². The van der Waals surface area contributed by atoms with E-state index in [1.54, 1.807) is 0 Å². The summed E-state index contributed by atoms with van der Waals surface area (Å²) in [4.78, 5) is 32.4. The maximum atomic E-state index is 11.0. The summed E-state index contributed by atoms with van der Waals surface area (Å²) in [6.07, 6.45) is 3.02. The first-order valence-corrected chi connectivity index (χ1v) is 3.53. The van der Waals surface area contributed by atoms with Crippen molar-refractivity contribution in [1.29, 1.82) is 0 Å². The number of amides is 1. The average Bonchev–Trinajstić information content (AvgIpc) is 2.11. The summed E-state index contributed by atoms with van der Waals surface area (Å²) in [5, 5.41) is 8.18. The Hall–Kier alpha value is -1.75. The summed E-state index contributed by atoms with van der Waals surface area (Å²) in [5.41, 5.74) is 1.46. The van der Waals surface area contributed by atoms with E-state index < -0.39 is 5.91 Å². The van der Waals surface area contributed by atoms with Gasteiger partial charge in [-0.25, -0.2) is 5.48 Å². The van der Waals surface area contributed by atoms with Crippen molar-refractivity contribution in [1.82, 2.24) is 5.48 Å². The van der Waals surface area contributed by atoms with Gasteiger partial charge in [-0.3, -0.25) is 19.6 Å². The van der Waals surface area contributed by atoms with E-state index in [0.29, 0.717) is 0 Å². The summed E-state index contributed by atoms with van der Waals surface area (Å²) < 4.78 is 0. The second-order valence-electron chi connectivity index (χ2n) is 2.48. The van der Waals surface area contributed by atoms with E-state index in [4.69, 9.17) is 5.21 Å². The summed E-state index contributed by atoms with van der Waals surface area (Å²) in [5.74, 6) is -1.44. The first-order chi connectivity index (χ1) is 6.13. The molecule has 2 N–H and O–H groups in total. The Morgan fingerprint density at radius 3 is 2.69 bits per heavy atom. The summed E-state index contributed by atoms with van der Waals surface area (Å²) in [6.45, 7) is 0. The van der Waals surface area contributed by atoms with Gasteiger partial charge in [0.05, 0.1) is 6.42 Å². The molecule has 0 unspecified atom stereocenters. The van der Waals surface area contributed by atoms with Crippen molar-refractivity contribution >= 4 is 17.5 Å². The molecular formula is C8H7NO4. The van der Waals surface area contributed by atoms with Gasteiger partial charge in [-0.15, -0.1) is 0 Å². The van der Waals surface area contributed by atoms with Crippen LogP contribution in [-0.4, -0.2) is 22.7 Å². The van der Waals surface area contributed by atoms with E-state index in [-0.39, 0.29) is 23.6 Å². The highest BCUT2D eigenvalue weighted by Gasteiger charge is 2.15. The standard InChI is InChI=1S/C8H7NO4/c10-6-1-2-7(11)5(3-6)4-8(12)9-13/h1-3,13H,4H2,(H,9,12). The van der Waals surface area contributed by atoms with Crippen LogP contribution in [-0.2, 0) is 14.4 Å². The SMILES string of the molecule is O=C1C=CC(=O)C(CC(=O)NO)=C1. The molecule has 1 aliphatic carbocycles. The topological polar surface area (TPSA) is 83.5 Å². The number of carbonyl (C=O) groups excluding carboxylic acids is 3. The molecule has 0 atom stereocenters. The molecule has 5 nitrogen and oxygen atoms in total. The molecule has 1 amide bonds. The van der Waals surface area contributed by atoms with Crippen LogP contribution in [0.1, 0.15) is 6.42 Å². The molecule has 0 saturated heterocycles. The van der Waals surface area contributed by atoms with Gasteiger partial charge in [0.1, 0.15) is 0 Å². The number of nitrogens with one attached hydrogen (secondary N) is 1. The molecule has 0 aliphatic heterocycles. The third-order valence-electron chi connectivity index (χ3n) is 1.51. The molecule has 0 radical (unpaired) electrons. The average molecular weight is 181 g/mol. The van der Waals surface area contributed by atoms with Gasteiger partial charge < -0.3 is 0 Å². The van der Waals surface area contributed by atoms with E-state index in [9.17, 15) is 14.4 Å². The predicted molar refractivity (Wildman–Crippen MR) is 41.8 cm³/mol. The Labute approximate surface area is 73.7 Å². The van der Waals surface area contributed by atoms with Crippen LogP contribution >= 0.6 is 0 Å². The molecule has 0 bridgehead atoms. The summed E-state index contributed by atoms with van der Waals surface area (Å²) in [7, 11) is 0. The van der Waals surface area contributed by atoms with E-state index in [0.717, 1.165) is 18.2 Å². The molecule has 13 heavy (non-hydrogen) atoms. The van der Waals surface area contributed by atoms with Crippen molar-refractivity contribution in [3.63, 3.8) is 0 Å². The Morgan fingerprint density at radius 1 is 1.38 bits per heavy atom. The zero-order valence-corrected chi connectivity index (χ0v) is 6.61. The lowest BCUT2D eigenvalue weighted by Gasteiger charge is -2.04. The molecule has 0 saturated carbocycles. The van der Waals surface area contributed by atoms with Crippen molar-refractivity contribution in [3.05, 3.63) is 23.8 Å². The number of hydrogen-bond donors (Lipinski definition) is 2. The number of hydroxylamine groups is 1. The van der Waals surface area contributed by atoms with Crippen molar-refractivity contribution in [2.75, 3.05) is 0 Å². The maximum absolute atomic E-state index is 11.0. The number of allylic oxidation sites excluding steroid dienone is 3. The number of hydrogen-bond acceptors (Lipinski definition) is 4. The second kappa shape index (κ2) is 3.77. The molecule has 5 heteroatoms. The van der Waals surface area contributed by atoms with Gasteiger partial charge in [-0.1, -0.05) is 0 Å². The third-order valence-corrected chi connectivity index (χ3v) is 1.51. The predicted octanol–water partition coefficient (Wildman–Crippen LogP) is -0.484. The van der Waals surface area contributed by atoms with Gasteiger partial charge in [0.15, 0.2) is 11.6 Å². The van der Waals surface area contributed by atoms with Gasteiger partial charge in [-0.05, 0) is 18.2 Å². The molecule has 0 aromatic heterocycles. The van der Waals surface area contributed by atoms with Crippen LogP contribution < -0.4 is 5.48 Å². The van der Waals surface area contributed by atoms with E-state index in [1.807, 2.05) is 0 Å². The molecule has 0 heterocycles. The Kier molecular flexibility index (Phi) is 2.71. The lowest BCUT2D eigenvalue weighted by atomic mass is 10.0. The fourth-order valence-corrected chi connectivity index (χ4v) is 0.906. The van der Waals surface area contributed by atoms with Crippen LogP contribution in [0.15, 0.2) is 23.8 Å². The molecule has 0 aromatic rings. The Bertz CT molecular complexity index is 327. The van der Waals surface area contributed by atoms with Crippen LogP contribution in [0.25, 0.3) is 0 Å². The Balaban J connectivity index is 2.74. The number of ketones is 2. The van der Waals surface area contributed by atoms with Crippen LogP contribution in [0.4, 0.5) is 0 Å². The van der Waals surface area contributed by atoms with Crippen LogP contribution in [0, 0.1) is 0 Å². The lowest BCUT2D eigenvalue weighted by molar-refractivity contribution is -0.129. The molecule has 1 aliphatic rings. The highest BCUT2D eigenvalue weighted by atomic mass is 16.5. The van der Waals surface area contributed by atoms with Gasteiger partial charge in [0.25, 0.3) is 0 Å². The molecular weight excluding hydrogens is 174 g/mol. The maximum Gasteiger partial charge on any atom is 0.247 e. The van der Waals surface area contributed by atoms with Crippen molar-refractivity contribution in [2.45, 2.75) is 6.42 Å². The smallest absolute Gasteiger partial charge is 0.247 e. The quantitative estimate of drug-likeness (QED) is 0.342. The van der Waals surface area contributed by atoms with Crippen LogP contribution in [0.5, 0.6) is 0 Å². The highest BCUT2D eigenvalue weighted by Crippen LogP contribution is 2.08. The normalized spacial score (nSPS) is 15.6. The monoisotopic (exact) mass is 181 g/mol. The summed E-state index contributed by atoms with van der Waals surface area (Å²) >= 11 is 0. The van der Waals surface area contributed by atoms with E-state index in [2.05, 4.69) is 0 Å². The number of carbonyl (C=O) groups is 3. The minimum absolute atomic E-state index is 0.0825. The fourth-order valence-electron chi connectivity index (χ4n) is 0.906. The Morgan fingerprint density at radius 2 is 2.08 bits per heavy atom. The van der Waals surface area contributed by atoms with Crippen molar-refractivity contribution < 1.29 is 19.6 Å². The highest BCUT2D eigenvalue weighted by molar-refractivity contribution is 6.18. The largest absolute Gasteiger partial charge is 0.290 e. The first-order valence-electron chi connectivity index (χ1n) is 3.53. The molecule has 0 aromatic carbocycles. The minimum Gasteiger partial charge on any atom is -0.290 e. The molecule has 1 rings (SSSR count). The van der Waals surface area contributed by atoms with Crippen LogP contribution in [0.3, 0.4) is 0 Å². The van der Waals surface area contributed by atoms with Crippen molar-refractivity contribution in [2.24, 2.45) is 0 Å². The van der Waals surface area contributed by atoms with Gasteiger partial charge in [-0.2, -0.15) is 0 Å². The molecule has 0 fully saturated rings. The second-order valence-corrected chi connectivity index (χ2v) is 2.48. The van der Waals surface area contributed by atoms with Crippen molar-refractivity contribution in [3.8, 4) is 0 Å². The number of rotatable bonds is 2. The zero-order valence-electron chi connectivity index (χ0n) is 6.61. The minimum atomic E-state index is -0.720. The van der Waals surface area contributed by atoms with E-state index in [1.165, 1.54) is 5.48 Å². The van der Waals surface area contributed by atoms with Gasteiger partial charge in [0, 0.05) is 5.57 Å². The zero-order chi connectivity index (χ0) is 9.84. The lowest BCUT2D eigenvalue weighted by Crippen LogP contribution is -2.21.